The highest BCUT2D eigenvalue weighted by atomic mass is 16.7. The van der Waals surface area contributed by atoms with Gasteiger partial charge in [0.1, 0.15) is 11.7 Å². The van der Waals surface area contributed by atoms with Crippen molar-refractivity contribution in [3.63, 3.8) is 0 Å². The Morgan fingerprint density at radius 2 is 1.32 bits per heavy atom. The number of phenols is 1. The molecule has 0 saturated carbocycles. The Kier molecular flexibility index (Phi) is 6.35. The first-order valence-corrected chi connectivity index (χ1v) is 13.2. The third kappa shape index (κ3) is 4.47. The molecule has 6 heteroatoms. The van der Waals surface area contributed by atoms with Gasteiger partial charge in [-0.05, 0) is 57.3 Å². The molecule has 6 nitrogen and oxygen atoms in total. The van der Waals surface area contributed by atoms with Gasteiger partial charge in [-0.3, -0.25) is 19.3 Å². The summed E-state index contributed by atoms with van der Waals surface area (Å²) in [5.41, 5.74) is 3.42. The Labute approximate surface area is 224 Å². The number of anilines is 1. The second-order valence-electron chi connectivity index (χ2n) is 12.4. The van der Waals surface area contributed by atoms with Gasteiger partial charge in [-0.15, -0.1) is 0 Å². The van der Waals surface area contributed by atoms with Gasteiger partial charge in [-0.2, -0.15) is 0 Å². The number of hydrogen-bond donors (Lipinski definition) is 1. The van der Waals surface area contributed by atoms with E-state index in [9.17, 15) is 14.7 Å². The summed E-state index contributed by atoms with van der Waals surface area (Å²) in [6.45, 7) is 12.6. The number of rotatable bonds is 4. The van der Waals surface area contributed by atoms with E-state index in [-0.39, 0.29) is 34.9 Å². The molecule has 0 aromatic heterocycles. The molecule has 2 saturated heterocycles. The number of hydroxylamine groups is 1. The first-order valence-electron chi connectivity index (χ1n) is 13.2. The molecular weight excluding hydrogens is 476 g/mol. The molecule has 38 heavy (non-hydrogen) atoms. The Hall–Kier alpha value is -3.64. The normalized spacial score (nSPS) is 21.8. The largest absolute Gasteiger partial charge is 0.507 e. The quantitative estimate of drug-likeness (QED) is 0.432. The number of phenolic OH excluding ortho intramolecular Hbond substituents is 1. The number of nitrogens with zero attached hydrogens (tertiary/aromatic N) is 2. The minimum absolute atomic E-state index is 0.211. The van der Waals surface area contributed by atoms with Gasteiger partial charge in [0.15, 0.2) is 6.10 Å². The summed E-state index contributed by atoms with van der Waals surface area (Å²) in [7, 11) is 0. The van der Waals surface area contributed by atoms with Crippen molar-refractivity contribution in [1.82, 2.24) is 4.90 Å². The van der Waals surface area contributed by atoms with Crippen LogP contribution in [0.15, 0.2) is 72.8 Å². The first kappa shape index (κ1) is 26.0. The van der Waals surface area contributed by atoms with Crippen LogP contribution in [0.1, 0.15) is 69.8 Å². The smallest absolute Gasteiger partial charge is 0.262 e. The van der Waals surface area contributed by atoms with Crippen molar-refractivity contribution in [2.75, 3.05) is 5.06 Å². The summed E-state index contributed by atoms with van der Waals surface area (Å²) in [4.78, 5) is 35.2. The lowest BCUT2D eigenvalue weighted by molar-refractivity contribution is -0.143. The van der Waals surface area contributed by atoms with Crippen molar-refractivity contribution in [3.8, 4) is 5.75 Å². The number of carbonyl (C=O) groups is 2. The summed E-state index contributed by atoms with van der Waals surface area (Å²) >= 11 is 0. The molecule has 2 amide bonds. The number of aromatic hydroxyl groups is 1. The number of fused-ring (bicyclic) bond motifs is 1. The zero-order valence-electron chi connectivity index (χ0n) is 22.9. The van der Waals surface area contributed by atoms with E-state index in [4.69, 9.17) is 4.84 Å². The van der Waals surface area contributed by atoms with Gasteiger partial charge in [0.25, 0.3) is 5.91 Å². The van der Waals surface area contributed by atoms with Gasteiger partial charge >= 0.3 is 0 Å². The highest BCUT2D eigenvalue weighted by Crippen LogP contribution is 2.49. The van der Waals surface area contributed by atoms with Crippen LogP contribution in [-0.4, -0.2) is 27.9 Å². The monoisotopic (exact) mass is 512 g/mol. The minimum Gasteiger partial charge on any atom is -0.507 e. The SMILES string of the molecule is CC(C)(C)c1cc([C@@H]2[C@H]3C(=O)N(Cc4ccccc4)C(=O)[C@H]3ON2c2ccccc2)cc(C(C)(C)C)c1O. The van der Waals surface area contributed by atoms with E-state index in [0.29, 0.717) is 0 Å². The summed E-state index contributed by atoms with van der Waals surface area (Å²) < 4.78 is 0. The van der Waals surface area contributed by atoms with Crippen molar-refractivity contribution in [2.24, 2.45) is 5.92 Å². The Balaban J connectivity index is 1.65. The molecule has 2 aliphatic heterocycles. The number of para-hydroxylation sites is 1. The van der Waals surface area contributed by atoms with Crippen molar-refractivity contribution in [1.29, 1.82) is 0 Å². The predicted octanol–water partition coefficient (Wildman–Crippen LogP) is 6.03. The lowest BCUT2D eigenvalue weighted by atomic mass is 9.76. The number of likely N-dealkylation sites (tertiary alicyclic amines) is 1. The molecule has 2 heterocycles. The molecular formula is C32H36N2O4. The average molecular weight is 513 g/mol. The Morgan fingerprint density at radius 3 is 1.84 bits per heavy atom. The third-order valence-electron chi connectivity index (χ3n) is 7.49. The number of imide groups is 1. The zero-order chi connectivity index (χ0) is 27.4. The Bertz CT molecular complexity index is 1320. The molecule has 3 atom stereocenters. The van der Waals surface area contributed by atoms with Gasteiger partial charge in [0.05, 0.1) is 18.3 Å². The minimum atomic E-state index is -0.915. The fourth-order valence-electron chi connectivity index (χ4n) is 5.50. The van der Waals surface area contributed by atoms with Crippen LogP contribution < -0.4 is 5.06 Å². The van der Waals surface area contributed by atoms with Crippen molar-refractivity contribution in [3.05, 3.63) is 95.1 Å². The topological polar surface area (TPSA) is 70.1 Å². The standard InChI is InChI=1S/C32H36N2O4/c1-31(2,3)23-17-21(18-24(27(23)35)32(4,5)6)26-25-28(38-34(26)22-15-11-8-12-16-22)30(37)33(29(25)36)19-20-13-9-7-10-14-20/h7-18,25-26,28,35H,19H2,1-6H3/t25-,26-,28+/m1/s1. The van der Waals surface area contributed by atoms with E-state index in [1.165, 1.54) is 4.90 Å². The van der Waals surface area contributed by atoms with Crippen LogP contribution in [-0.2, 0) is 31.8 Å². The predicted molar refractivity (Wildman–Crippen MR) is 148 cm³/mol. The van der Waals surface area contributed by atoms with E-state index in [0.717, 1.165) is 27.9 Å². The van der Waals surface area contributed by atoms with Crippen LogP contribution in [0.25, 0.3) is 0 Å². The molecule has 198 valence electrons. The maximum absolute atomic E-state index is 13.9. The summed E-state index contributed by atoms with van der Waals surface area (Å²) in [6, 6.07) is 22.5. The van der Waals surface area contributed by atoms with Crippen molar-refractivity contribution >= 4 is 17.5 Å². The van der Waals surface area contributed by atoms with E-state index >= 15 is 0 Å². The molecule has 3 aromatic carbocycles. The molecule has 5 rings (SSSR count). The van der Waals surface area contributed by atoms with Gasteiger partial charge in [0.2, 0.25) is 5.91 Å². The third-order valence-corrected chi connectivity index (χ3v) is 7.49. The van der Waals surface area contributed by atoms with E-state index in [1.54, 1.807) is 5.06 Å². The van der Waals surface area contributed by atoms with Gasteiger partial charge in [0, 0.05) is 0 Å². The molecule has 0 aliphatic carbocycles. The molecule has 0 spiro atoms. The van der Waals surface area contributed by atoms with Gasteiger partial charge in [-0.1, -0.05) is 90.1 Å². The van der Waals surface area contributed by atoms with E-state index in [1.807, 2.05) is 72.8 Å². The summed E-state index contributed by atoms with van der Waals surface area (Å²) in [5.74, 6) is -1.00. The van der Waals surface area contributed by atoms with E-state index < -0.39 is 18.1 Å². The second-order valence-corrected chi connectivity index (χ2v) is 12.4. The van der Waals surface area contributed by atoms with Crippen LogP contribution in [0, 0.1) is 5.92 Å². The fraction of sp³-hybridized carbons (Fsp3) is 0.375. The van der Waals surface area contributed by atoms with Gasteiger partial charge < -0.3 is 5.11 Å². The molecule has 2 fully saturated rings. The van der Waals surface area contributed by atoms with Gasteiger partial charge in [-0.25, -0.2) is 5.06 Å². The van der Waals surface area contributed by atoms with Crippen LogP contribution in [0.2, 0.25) is 0 Å². The molecule has 0 unspecified atom stereocenters. The molecule has 3 aromatic rings. The van der Waals surface area contributed by atoms with Crippen LogP contribution in [0.3, 0.4) is 0 Å². The van der Waals surface area contributed by atoms with Crippen LogP contribution in [0.5, 0.6) is 5.75 Å². The maximum atomic E-state index is 13.9. The number of benzene rings is 3. The maximum Gasteiger partial charge on any atom is 0.262 e. The molecule has 2 aliphatic rings. The fourth-order valence-corrected chi connectivity index (χ4v) is 5.50. The second kappa shape index (κ2) is 9.28. The van der Waals surface area contributed by atoms with Crippen molar-refractivity contribution in [2.45, 2.75) is 71.1 Å². The van der Waals surface area contributed by atoms with Crippen LogP contribution >= 0.6 is 0 Å². The number of amides is 2. The lowest BCUT2D eigenvalue weighted by Gasteiger charge is -2.33. The van der Waals surface area contributed by atoms with Crippen LogP contribution in [0.4, 0.5) is 5.69 Å². The molecule has 0 bridgehead atoms. The number of carbonyl (C=O) groups excluding carboxylic acids is 2. The number of hydrogen-bond acceptors (Lipinski definition) is 5. The molecule has 0 radical (unpaired) electrons. The highest BCUT2D eigenvalue weighted by molar-refractivity contribution is 6.07. The molecule has 1 N–H and O–H groups in total. The summed E-state index contributed by atoms with van der Waals surface area (Å²) in [5, 5.41) is 13.0. The Morgan fingerprint density at radius 1 is 0.789 bits per heavy atom. The van der Waals surface area contributed by atoms with Crippen molar-refractivity contribution < 1.29 is 19.5 Å². The lowest BCUT2D eigenvalue weighted by Crippen LogP contribution is -2.37. The van der Waals surface area contributed by atoms with E-state index in [2.05, 4.69) is 41.5 Å². The zero-order valence-corrected chi connectivity index (χ0v) is 22.9. The summed E-state index contributed by atoms with van der Waals surface area (Å²) in [6.07, 6.45) is -0.915. The highest BCUT2D eigenvalue weighted by Gasteiger charge is 2.60. The first-order chi connectivity index (χ1) is 17.9. The average Bonchev–Trinajstić information content (AvgIpc) is 3.36.